The summed E-state index contributed by atoms with van der Waals surface area (Å²) in [6.07, 6.45) is 5.53. The highest BCUT2D eigenvalue weighted by atomic mass is 32.2. The summed E-state index contributed by atoms with van der Waals surface area (Å²) in [6.45, 7) is 1.90. The maximum atomic E-state index is 13.5. The van der Waals surface area contributed by atoms with Gasteiger partial charge in [-0.3, -0.25) is 4.79 Å². The Morgan fingerprint density at radius 3 is 2.14 bits per heavy atom. The molecular formula is C28H31NO5S. The van der Waals surface area contributed by atoms with Gasteiger partial charge in [0.05, 0.1) is 10.9 Å². The second kappa shape index (κ2) is 8.27. The van der Waals surface area contributed by atoms with Crippen LogP contribution in [0.4, 0.5) is 0 Å². The number of nitrogens with one attached hydrogen (secondary N) is 1. The summed E-state index contributed by atoms with van der Waals surface area (Å²) in [5.41, 5.74) is 2.09. The number of Topliss-reactive ketones (excluding diaryl/α,β-unsaturated/α-hetero) is 1. The van der Waals surface area contributed by atoms with Crippen LogP contribution < -0.4 is 4.72 Å². The summed E-state index contributed by atoms with van der Waals surface area (Å²) in [5.74, 6) is 0.436. The number of carbonyl (C=O) groups is 2. The van der Waals surface area contributed by atoms with Crippen LogP contribution in [0.25, 0.3) is 0 Å². The largest absolute Gasteiger partial charge is 0.454 e. The van der Waals surface area contributed by atoms with E-state index in [1.165, 1.54) is 19.3 Å². The normalized spacial score (nSPS) is 32.9. The van der Waals surface area contributed by atoms with Gasteiger partial charge in [0.25, 0.3) is 0 Å². The number of hydrogen-bond acceptors (Lipinski definition) is 5. The van der Waals surface area contributed by atoms with Crippen LogP contribution in [-0.4, -0.2) is 26.3 Å². The monoisotopic (exact) mass is 493 g/mol. The van der Waals surface area contributed by atoms with Gasteiger partial charge in [0.15, 0.2) is 0 Å². The zero-order valence-corrected chi connectivity index (χ0v) is 20.7. The smallest absolute Gasteiger partial charge is 0.375 e. The molecule has 184 valence electrons. The Labute approximate surface area is 206 Å². The number of esters is 1. The van der Waals surface area contributed by atoms with Crippen LogP contribution in [-0.2, 0) is 30.8 Å². The summed E-state index contributed by atoms with van der Waals surface area (Å²) in [6, 6.07) is 13.4. The predicted octanol–water partition coefficient (Wildman–Crippen LogP) is 4.27. The molecule has 4 bridgehead atoms. The molecule has 2 aromatic carbocycles. The first-order valence-corrected chi connectivity index (χ1v) is 14.1. The number of sulfonamides is 1. The van der Waals surface area contributed by atoms with E-state index in [0.717, 1.165) is 36.0 Å². The molecule has 2 aromatic rings. The summed E-state index contributed by atoms with van der Waals surface area (Å²) in [5, 5.41) is 0. The fraction of sp³-hybridized carbons (Fsp3) is 0.500. The van der Waals surface area contributed by atoms with E-state index in [1.807, 2.05) is 31.2 Å². The van der Waals surface area contributed by atoms with E-state index in [4.69, 9.17) is 4.74 Å². The molecule has 1 N–H and O–H groups in total. The van der Waals surface area contributed by atoms with Crippen molar-refractivity contribution in [2.45, 2.75) is 68.9 Å². The first-order chi connectivity index (χ1) is 16.7. The maximum Gasteiger partial charge on any atom is 0.375 e. The van der Waals surface area contributed by atoms with Gasteiger partial charge in [-0.1, -0.05) is 42.0 Å². The molecule has 6 nitrogen and oxygen atoms in total. The topological polar surface area (TPSA) is 89.5 Å². The molecule has 5 aliphatic rings. The highest BCUT2D eigenvalue weighted by Crippen LogP contribution is 2.60. The Morgan fingerprint density at radius 1 is 0.914 bits per heavy atom. The number of carbonyl (C=O) groups excluding carboxylic acids is 2. The maximum absolute atomic E-state index is 13.5. The summed E-state index contributed by atoms with van der Waals surface area (Å²) in [4.78, 5) is 26.9. The Kier molecular flexibility index (Phi) is 5.42. The van der Waals surface area contributed by atoms with Crippen molar-refractivity contribution >= 4 is 21.8 Å². The molecule has 0 aromatic heterocycles. The third kappa shape index (κ3) is 4.02. The number of fused-ring (bicyclic) bond motifs is 1. The van der Waals surface area contributed by atoms with Gasteiger partial charge in [0, 0.05) is 11.8 Å². The van der Waals surface area contributed by atoms with Gasteiger partial charge in [-0.05, 0) is 86.5 Å². The zero-order valence-electron chi connectivity index (χ0n) is 19.9. The molecule has 7 rings (SSSR count). The summed E-state index contributed by atoms with van der Waals surface area (Å²) < 4.78 is 35.0. The zero-order chi connectivity index (χ0) is 24.4. The molecule has 0 unspecified atom stereocenters. The average Bonchev–Trinajstić information content (AvgIpc) is 3.14. The standard InChI is InChI=1S/C28H31NO5S/c1-17-6-8-22(9-7-17)35(32,33)29-25-23-5-3-2-4-21(23)13-24(25)34-27(31)26(30)28-14-18-10-19(15-28)12-20(11-18)16-28/h2-9,18-20,24-25,29H,10-16H2,1H3/t18?,19?,20?,24-,25+,28?/m1/s1. The molecule has 0 amide bonds. The minimum Gasteiger partial charge on any atom is -0.454 e. The molecular weight excluding hydrogens is 462 g/mol. The quantitative estimate of drug-likeness (QED) is 0.480. The van der Waals surface area contributed by atoms with Crippen molar-refractivity contribution < 1.29 is 22.7 Å². The van der Waals surface area contributed by atoms with Crippen LogP contribution in [0.1, 0.15) is 61.3 Å². The van der Waals surface area contributed by atoms with Gasteiger partial charge in [-0.2, -0.15) is 4.72 Å². The van der Waals surface area contributed by atoms with Crippen molar-refractivity contribution in [2.24, 2.45) is 23.2 Å². The Bertz CT molecular complexity index is 1250. The van der Waals surface area contributed by atoms with E-state index < -0.39 is 39.3 Å². The lowest BCUT2D eigenvalue weighted by molar-refractivity contribution is -0.169. The SMILES string of the molecule is Cc1ccc(S(=O)(=O)N[C@H]2c3ccccc3C[C@H]2OC(=O)C(=O)C23CC4CC(CC(C4)C2)C3)cc1. The number of ketones is 1. The van der Waals surface area contributed by atoms with Crippen LogP contribution >= 0.6 is 0 Å². The van der Waals surface area contributed by atoms with Crippen molar-refractivity contribution in [3.05, 3.63) is 65.2 Å². The fourth-order valence-corrected chi connectivity index (χ4v) is 8.80. The lowest BCUT2D eigenvalue weighted by atomic mass is 9.48. The molecule has 0 radical (unpaired) electrons. The third-order valence-electron chi connectivity index (χ3n) is 8.76. The Balaban J connectivity index is 1.24. The molecule has 0 saturated heterocycles. The highest BCUT2D eigenvalue weighted by Gasteiger charge is 2.56. The van der Waals surface area contributed by atoms with Crippen LogP contribution in [0.5, 0.6) is 0 Å². The number of hydrogen-bond donors (Lipinski definition) is 1. The second-order valence-corrected chi connectivity index (χ2v) is 13.0. The molecule has 5 aliphatic carbocycles. The molecule has 7 heteroatoms. The Morgan fingerprint density at radius 2 is 1.51 bits per heavy atom. The molecule has 0 spiro atoms. The molecule has 2 atom stereocenters. The van der Waals surface area contributed by atoms with Gasteiger partial charge in [0.1, 0.15) is 6.10 Å². The van der Waals surface area contributed by atoms with Gasteiger partial charge < -0.3 is 4.74 Å². The first kappa shape index (κ1) is 22.9. The molecule has 0 heterocycles. The van der Waals surface area contributed by atoms with Gasteiger partial charge in [-0.25, -0.2) is 13.2 Å². The van der Waals surface area contributed by atoms with Gasteiger partial charge in [0.2, 0.25) is 15.8 Å². The summed E-state index contributed by atoms with van der Waals surface area (Å²) in [7, 11) is -3.86. The van der Waals surface area contributed by atoms with Crippen LogP contribution in [0, 0.1) is 30.1 Å². The molecule has 4 saturated carbocycles. The summed E-state index contributed by atoms with van der Waals surface area (Å²) >= 11 is 0. The van der Waals surface area contributed by atoms with Crippen molar-refractivity contribution in [3.63, 3.8) is 0 Å². The first-order valence-electron chi connectivity index (χ1n) is 12.6. The average molecular weight is 494 g/mol. The fourth-order valence-electron chi connectivity index (χ4n) is 7.56. The van der Waals surface area contributed by atoms with E-state index in [0.29, 0.717) is 24.2 Å². The lowest BCUT2D eigenvalue weighted by Crippen LogP contribution is -2.52. The van der Waals surface area contributed by atoms with Crippen LogP contribution in [0.2, 0.25) is 0 Å². The van der Waals surface area contributed by atoms with E-state index >= 15 is 0 Å². The second-order valence-electron chi connectivity index (χ2n) is 11.3. The van der Waals surface area contributed by atoms with Crippen LogP contribution in [0.15, 0.2) is 53.4 Å². The van der Waals surface area contributed by atoms with Crippen molar-refractivity contribution in [1.29, 1.82) is 0 Å². The van der Waals surface area contributed by atoms with E-state index in [-0.39, 0.29) is 4.90 Å². The van der Waals surface area contributed by atoms with E-state index in [1.54, 1.807) is 24.3 Å². The predicted molar refractivity (Wildman–Crippen MR) is 130 cm³/mol. The number of rotatable bonds is 6. The number of benzene rings is 2. The number of ether oxygens (including phenoxy) is 1. The lowest BCUT2D eigenvalue weighted by Gasteiger charge is -2.55. The van der Waals surface area contributed by atoms with Gasteiger partial charge >= 0.3 is 5.97 Å². The minimum atomic E-state index is -3.86. The third-order valence-corrected chi connectivity index (χ3v) is 10.2. The van der Waals surface area contributed by atoms with Crippen LogP contribution in [0.3, 0.4) is 0 Å². The minimum absolute atomic E-state index is 0.155. The Hall–Kier alpha value is -2.51. The molecule has 35 heavy (non-hydrogen) atoms. The molecule has 4 fully saturated rings. The van der Waals surface area contributed by atoms with E-state index in [2.05, 4.69) is 4.72 Å². The van der Waals surface area contributed by atoms with Crippen molar-refractivity contribution in [1.82, 2.24) is 4.72 Å². The molecule has 0 aliphatic heterocycles. The van der Waals surface area contributed by atoms with Crippen molar-refractivity contribution in [3.8, 4) is 0 Å². The van der Waals surface area contributed by atoms with Gasteiger partial charge in [-0.15, -0.1) is 0 Å². The number of aryl methyl sites for hydroxylation is 1. The highest BCUT2D eigenvalue weighted by molar-refractivity contribution is 7.89. The van der Waals surface area contributed by atoms with E-state index in [9.17, 15) is 18.0 Å². The van der Waals surface area contributed by atoms with Crippen molar-refractivity contribution in [2.75, 3.05) is 0 Å².